The smallest absolute Gasteiger partial charge is 0.232 e. The van der Waals surface area contributed by atoms with Gasteiger partial charge in [-0.25, -0.2) is 6.72 Å². The average Bonchev–Trinajstić information content (AvgIpc) is 1.87. The number of carbonyl (C=O) groups is 1. The fourth-order valence-electron chi connectivity index (χ4n) is 0.0473. The van der Waals surface area contributed by atoms with Crippen LogP contribution >= 0.6 is 35.2 Å². The molecule has 8 heavy (non-hydrogen) atoms. The highest BCUT2D eigenvalue weighted by Crippen LogP contribution is 1.94. The molecule has 0 aliphatic heterocycles. The highest BCUT2D eigenvalue weighted by atomic mass is 127. The minimum absolute atomic E-state index is 0.131. The van der Waals surface area contributed by atoms with Crippen molar-refractivity contribution in [3.63, 3.8) is 0 Å². The van der Waals surface area contributed by atoms with Gasteiger partial charge in [0.25, 0.3) is 0 Å². The first kappa shape index (κ1) is 8.51. The third kappa shape index (κ3) is 2.19. The zero-order valence-corrected chi connectivity index (χ0v) is 7.29. The van der Waals surface area contributed by atoms with E-state index >= 15 is 0 Å². The molecule has 0 saturated carbocycles. The second-order valence-corrected chi connectivity index (χ2v) is 3.94. The molecule has 0 bridgehead atoms. The molecule has 0 fully saturated rings. The quantitative estimate of drug-likeness (QED) is 0.415. The van der Waals surface area contributed by atoms with Gasteiger partial charge in [0.2, 0.25) is 15.4 Å². The Morgan fingerprint density at radius 3 is 2.38 bits per heavy atom. The van der Waals surface area contributed by atoms with Gasteiger partial charge in [0.05, 0.1) is 0 Å². The van der Waals surface area contributed by atoms with E-state index in [2.05, 4.69) is 14.7 Å². The van der Waals surface area contributed by atoms with Crippen LogP contribution in [0, 0.1) is 0 Å². The van der Waals surface area contributed by atoms with Crippen LogP contribution in [0.3, 0.4) is 0 Å². The molecule has 0 saturated heterocycles. The molecule has 0 heterocycles. The van der Waals surface area contributed by atoms with Crippen molar-refractivity contribution >= 4 is 55.0 Å². The molecule has 0 radical (unpaired) electrons. The van der Waals surface area contributed by atoms with Gasteiger partial charge in [-0.2, -0.15) is 0 Å². The number of thiocarbonyl (C=S) groups is 1. The molecule has 0 N–H and O–H groups in total. The van der Waals surface area contributed by atoms with Crippen LogP contribution in [0.15, 0.2) is 0 Å². The van der Waals surface area contributed by atoms with Crippen LogP contribution in [0.4, 0.5) is 0 Å². The van der Waals surface area contributed by atoms with Crippen LogP contribution in [-0.2, 0) is 17.1 Å². The van der Waals surface area contributed by atoms with E-state index in [1.54, 1.807) is 4.31 Å². The standard InChI is InChI=1S/C2HIO3S2/c3-6-8(5,1-4)2-7/h1H. The number of hydrogen-bond acceptors (Lipinski definition) is 4. The summed E-state index contributed by atoms with van der Waals surface area (Å²) in [5.41, 5.74) is 0.131. The summed E-state index contributed by atoms with van der Waals surface area (Å²) in [4.78, 5) is 9.75. The molecule has 1 unspecified atom stereocenters. The van der Waals surface area contributed by atoms with Crippen molar-refractivity contribution in [3.05, 3.63) is 0 Å². The van der Waals surface area contributed by atoms with Crippen LogP contribution in [0.25, 0.3) is 0 Å². The summed E-state index contributed by atoms with van der Waals surface area (Å²) < 4.78 is 16.4. The zero-order chi connectivity index (χ0) is 6.62. The highest BCUT2D eigenvalue weighted by Gasteiger charge is 1.99. The number of halogens is 1. The molecule has 0 amide bonds. The van der Waals surface area contributed by atoms with Crippen molar-refractivity contribution in [1.82, 2.24) is 0 Å². The van der Waals surface area contributed by atoms with Gasteiger partial charge in [0.15, 0.2) is 0 Å². The van der Waals surface area contributed by atoms with Crippen LogP contribution in [0.2, 0.25) is 0 Å². The number of hydrogen-bond donors (Lipinski definition) is 0. The van der Waals surface area contributed by atoms with E-state index in [0.29, 0.717) is 0 Å². The Morgan fingerprint density at radius 1 is 1.88 bits per heavy atom. The summed E-state index contributed by atoms with van der Waals surface area (Å²) in [5, 5.41) is 0. The molecule has 0 aromatic rings. The maximum Gasteiger partial charge on any atom is 0.232 e. The van der Waals surface area contributed by atoms with Crippen molar-refractivity contribution in [2.45, 2.75) is 0 Å². The molecule has 1 atom stereocenters. The Hall–Kier alpha value is 0.510. The lowest BCUT2D eigenvalue weighted by molar-refractivity contribution is 0.561. The van der Waals surface area contributed by atoms with E-state index < -0.39 is 9.80 Å². The van der Waals surface area contributed by atoms with Gasteiger partial charge < -0.3 is 0 Å². The highest BCUT2D eigenvalue weighted by molar-refractivity contribution is 14.1. The van der Waals surface area contributed by atoms with Gasteiger partial charge >= 0.3 is 0 Å². The Bertz CT molecular complexity index is 209. The fraction of sp³-hybridized carbons (Fsp3) is 0. The Balaban J connectivity index is 4.80. The summed E-state index contributed by atoms with van der Waals surface area (Å²) in [6.45, 7) is 0. The Kier molecular flexibility index (Phi) is 3.74. The SMILES string of the molecule is O=CS(=O)(=C=S)OI. The van der Waals surface area contributed by atoms with Crippen molar-refractivity contribution in [2.24, 2.45) is 0 Å². The van der Waals surface area contributed by atoms with Gasteiger partial charge in [0, 0.05) is 4.31 Å². The molecular formula is C2HIO3S2. The van der Waals surface area contributed by atoms with Gasteiger partial charge in [-0.1, -0.05) is 0 Å². The maximum absolute atomic E-state index is 10.5. The normalized spacial score (nSPS) is 16.1. The largest absolute Gasteiger partial charge is 0.286 e. The number of rotatable bonds is 2. The molecular weight excluding hydrogens is 263 g/mol. The third-order valence-electron chi connectivity index (χ3n) is 0.336. The van der Waals surface area contributed by atoms with E-state index in [9.17, 15) is 9.00 Å². The van der Waals surface area contributed by atoms with Gasteiger partial charge in [-0.3, -0.25) is 4.79 Å². The van der Waals surface area contributed by atoms with E-state index in [4.69, 9.17) is 0 Å². The van der Waals surface area contributed by atoms with Gasteiger partial charge in [-0.15, -0.1) is 0 Å². The Morgan fingerprint density at radius 2 is 2.38 bits per heavy atom. The summed E-state index contributed by atoms with van der Waals surface area (Å²) in [5.74, 6) is 0. The van der Waals surface area contributed by atoms with E-state index in [1.165, 1.54) is 23.0 Å². The van der Waals surface area contributed by atoms with Crippen LogP contribution in [0.1, 0.15) is 0 Å². The van der Waals surface area contributed by atoms with Crippen molar-refractivity contribution < 1.29 is 11.5 Å². The van der Waals surface area contributed by atoms with E-state index in [1.807, 2.05) is 0 Å². The van der Waals surface area contributed by atoms with Crippen LogP contribution in [-0.4, -0.2) is 14.1 Å². The maximum atomic E-state index is 10.5. The molecule has 0 aromatic heterocycles. The fourth-order valence-corrected chi connectivity index (χ4v) is 1.25. The summed E-state index contributed by atoms with van der Waals surface area (Å²) >= 11 is 5.43. The molecule has 0 rings (SSSR count). The molecule has 3 nitrogen and oxygen atoms in total. The minimum atomic E-state index is -3.03. The van der Waals surface area contributed by atoms with Crippen molar-refractivity contribution in [1.29, 1.82) is 0 Å². The molecule has 46 valence electrons. The monoisotopic (exact) mass is 264 g/mol. The molecule has 6 heteroatoms. The zero-order valence-electron chi connectivity index (χ0n) is 3.50. The molecule has 0 aliphatic rings. The topological polar surface area (TPSA) is 43.4 Å². The summed E-state index contributed by atoms with van der Waals surface area (Å²) in [7, 11) is -3.03. The predicted molar refractivity (Wildman–Crippen MR) is 42.6 cm³/mol. The first-order chi connectivity index (χ1) is 3.68. The second-order valence-electron chi connectivity index (χ2n) is 0.788. The molecule has 0 aromatic carbocycles. The lowest BCUT2D eigenvalue weighted by Gasteiger charge is -1.85. The predicted octanol–water partition coefficient (Wildman–Crippen LogP) is 0.577. The van der Waals surface area contributed by atoms with Crippen LogP contribution in [0.5, 0.6) is 0 Å². The Labute approximate surface area is 66.3 Å². The first-order valence-corrected chi connectivity index (χ1v) is 4.20. The lowest BCUT2D eigenvalue weighted by atomic mass is 11.8. The van der Waals surface area contributed by atoms with Gasteiger partial charge in [-0.05, 0) is 12.2 Å². The lowest BCUT2D eigenvalue weighted by Crippen LogP contribution is -1.98. The average molecular weight is 264 g/mol. The molecule has 0 aliphatic carbocycles. The van der Waals surface area contributed by atoms with Gasteiger partial charge in [0.1, 0.15) is 23.0 Å². The number of carbonyl (C=O) groups excluding carboxylic acids is 1. The van der Waals surface area contributed by atoms with Crippen molar-refractivity contribution in [3.8, 4) is 0 Å². The van der Waals surface area contributed by atoms with Crippen molar-refractivity contribution in [2.75, 3.05) is 0 Å². The summed E-state index contributed by atoms with van der Waals surface area (Å²) in [6.07, 6.45) is 0. The van der Waals surface area contributed by atoms with E-state index in [0.717, 1.165) is 0 Å². The molecule has 0 spiro atoms. The first-order valence-electron chi connectivity index (χ1n) is 1.37. The van der Waals surface area contributed by atoms with Crippen LogP contribution < -0.4 is 0 Å². The summed E-state index contributed by atoms with van der Waals surface area (Å²) in [6, 6.07) is 0. The minimum Gasteiger partial charge on any atom is -0.286 e. The second kappa shape index (κ2) is 3.52. The van der Waals surface area contributed by atoms with E-state index in [-0.39, 0.29) is 5.62 Å². The third-order valence-corrected chi connectivity index (χ3v) is 3.31.